The third-order valence-corrected chi connectivity index (χ3v) is 4.70. The van der Waals surface area contributed by atoms with Gasteiger partial charge in [0.25, 0.3) is 16.7 Å². The Morgan fingerprint density at radius 3 is 2.41 bits per heavy atom. The van der Waals surface area contributed by atoms with Crippen LogP contribution in [-0.2, 0) is 0 Å². The van der Waals surface area contributed by atoms with Crippen LogP contribution in [0.5, 0.6) is 0 Å². The molecule has 0 radical (unpaired) electrons. The Bertz CT molecular complexity index is 936. The number of nitro groups is 1. The van der Waals surface area contributed by atoms with Crippen LogP contribution in [0.2, 0.25) is 0 Å². The Labute approximate surface area is 127 Å². The number of hydrogen-bond donors (Lipinski definition) is 0. The topological polar surface area (TPSA) is 50.9 Å². The van der Waals surface area contributed by atoms with Crippen molar-refractivity contribution in [1.29, 1.82) is 0 Å². The van der Waals surface area contributed by atoms with Gasteiger partial charge >= 0.3 is 0 Å². The lowest BCUT2D eigenvalue weighted by molar-refractivity contribution is -0.711. The maximum Gasteiger partial charge on any atom is 0.292 e. The second-order valence-electron chi connectivity index (χ2n) is 6.12. The summed E-state index contributed by atoms with van der Waals surface area (Å²) in [5.41, 5.74) is 2.22. The fourth-order valence-corrected chi connectivity index (χ4v) is 3.73. The fourth-order valence-electron chi connectivity index (χ4n) is 3.73. The number of rotatable bonds is 1. The molecule has 1 aromatic carbocycles. The number of hydrogen-bond acceptors (Lipinski definition) is 2. The molecule has 2 atom stereocenters. The van der Waals surface area contributed by atoms with Gasteiger partial charge in [-0.2, -0.15) is 9.13 Å². The lowest BCUT2D eigenvalue weighted by Crippen LogP contribution is -2.39. The average molecular weight is 295 g/mol. The molecule has 22 heavy (non-hydrogen) atoms. The highest BCUT2D eigenvalue weighted by atomic mass is 16.6. The normalized spacial score (nSPS) is 20.5. The highest BCUT2D eigenvalue weighted by Gasteiger charge is 2.36. The molecule has 0 amide bonds. The van der Waals surface area contributed by atoms with Crippen LogP contribution in [0.4, 0.5) is 5.69 Å². The maximum atomic E-state index is 11.5. The number of non-ortho nitro benzene ring substituents is 1. The summed E-state index contributed by atoms with van der Waals surface area (Å²) in [4.78, 5) is 11.2. The van der Waals surface area contributed by atoms with Gasteiger partial charge in [-0.05, 0) is 26.0 Å². The summed E-state index contributed by atoms with van der Waals surface area (Å²) in [6, 6.07) is 10.0. The zero-order valence-electron chi connectivity index (χ0n) is 12.6. The molecule has 5 nitrogen and oxygen atoms in total. The number of aromatic nitrogens is 2. The van der Waals surface area contributed by atoms with Crippen LogP contribution < -0.4 is 9.13 Å². The second kappa shape index (κ2) is 4.47. The van der Waals surface area contributed by atoms with E-state index in [0.29, 0.717) is 17.5 Å². The predicted octanol–water partition coefficient (Wildman–Crippen LogP) is 3.00. The number of benzene rings is 1. The van der Waals surface area contributed by atoms with E-state index in [9.17, 15) is 10.1 Å². The fraction of sp³-hybridized carbons (Fsp3) is 0.294. The second-order valence-corrected chi connectivity index (χ2v) is 6.12. The molecular weight excluding hydrogens is 278 g/mol. The average Bonchev–Trinajstić information content (AvgIpc) is 2.62. The molecule has 3 aromatic rings. The number of pyridine rings is 2. The van der Waals surface area contributed by atoms with Crippen LogP contribution in [0.15, 0.2) is 42.7 Å². The first-order valence-electron chi connectivity index (χ1n) is 7.53. The zero-order valence-corrected chi connectivity index (χ0v) is 12.6. The van der Waals surface area contributed by atoms with Crippen molar-refractivity contribution < 1.29 is 14.1 Å². The molecule has 1 aliphatic rings. The van der Waals surface area contributed by atoms with Gasteiger partial charge in [-0.25, -0.2) is 0 Å². The molecule has 2 unspecified atom stereocenters. The maximum absolute atomic E-state index is 11.5. The summed E-state index contributed by atoms with van der Waals surface area (Å²) in [6.45, 7) is 4.38. The first-order valence-corrected chi connectivity index (χ1v) is 7.53. The van der Waals surface area contributed by atoms with E-state index in [4.69, 9.17) is 0 Å². The molecule has 4 rings (SSSR count). The van der Waals surface area contributed by atoms with E-state index in [2.05, 4.69) is 29.2 Å². The van der Waals surface area contributed by atoms with Crippen molar-refractivity contribution in [1.82, 2.24) is 0 Å². The summed E-state index contributed by atoms with van der Waals surface area (Å²) < 4.78 is 4.44. The van der Waals surface area contributed by atoms with Crippen molar-refractivity contribution in [3.63, 3.8) is 0 Å². The first-order chi connectivity index (χ1) is 10.6. The molecule has 0 fully saturated rings. The van der Waals surface area contributed by atoms with Gasteiger partial charge in [0.2, 0.25) is 0 Å². The standard InChI is InChI=1S/C17H17N3O2/c1-11-9-12(2)19-8-4-6-14-15(20(21)22)10-13-5-3-7-18(11)16(13)17(14)19/h3-8,10-12H,9H2,1-2H3/q+2. The highest BCUT2D eigenvalue weighted by molar-refractivity contribution is 6.04. The molecule has 3 heterocycles. The van der Waals surface area contributed by atoms with Crippen LogP contribution in [0, 0.1) is 10.1 Å². The monoisotopic (exact) mass is 295 g/mol. The first kappa shape index (κ1) is 13.1. The van der Waals surface area contributed by atoms with Crippen molar-refractivity contribution >= 4 is 27.5 Å². The minimum atomic E-state index is -0.282. The summed E-state index contributed by atoms with van der Waals surface area (Å²) in [5.74, 6) is 0. The van der Waals surface area contributed by atoms with Crippen molar-refractivity contribution in [3.05, 3.63) is 52.8 Å². The van der Waals surface area contributed by atoms with Crippen molar-refractivity contribution in [3.8, 4) is 0 Å². The van der Waals surface area contributed by atoms with Crippen LogP contribution >= 0.6 is 0 Å². The molecule has 0 aliphatic carbocycles. The van der Waals surface area contributed by atoms with Crippen LogP contribution in [0.25, 0.3) is 21.8 Å². The Morgan fingerprint density at radius 2 is 1.73 bits per heavy atom. The molecular formula is C17H17N3O2+2. The third-order valence-electron chi connectivity index (χ3n) is 4.70. The van der Waals surface area contributed by atoms with Gasteiger partial charge in [0, 0.05) is 18.2 Å². The van der Waals surface area contributed by atoms with E-state index in [1.54, 1.807) is 6.07 Å². The highest BCUT2D eigenvalue weighted by Crippen LogP contribution is 2.32. The molecule has 0 saturated heterocycles. The lowest BCUT2D eigenvalue weighted by Gasteiger charge is -2.06. The molecule has 110 valence electrons. The molecule has 0 spiro atoms. The van der Waals surface area contributed by atoms with Crippen LogP contribution in [0.3, 0.4) is 0 Å². The van der Waals surface area contributed by atoms with Crippen LogP contribution in [-0.4, -0.2) is 4.92 Å². The van der Waals surface area contributed by atoms with Gasteiger partial charge in [-0.15, -0.1) is 0 Å². The molecule has 2 aromatic heterocycles. The van der Waals surface area contributed by atoms with Crippen LogP contribution in [0.1, 0.15) is 32.4 Å². The molecule has 5 heteroatoms. The van der Waals surface area contributed by atoms with Gasteiger partial charge in [0.1, 0.15) is 5.39 Å². The van der Waals surface area contributed by atoms with E-state index in [0.717, 1.165) is 22.8 Å². The lowest BCUT2D eigenvalue weighted by atomic mass is 10.1. The van der Waals surface area contributed by atoms with E-state index < -0.39 is 0 Å². The quantitative estimate of drug-likeness (QED) is 0.300. The zero-order chi connectivity index (χ0) is 15.4. The van der Waals surface area contributed by atoms with Crippen molar-refractivity contribution in [2.24, 2.45) is 0 Å². The Balaban J connectivity index is 2.32. The predicted molar refractivity (Wildman–Crippen MR) is 82.5 cm³/mol. The number of nitrogens with zero attached hydrogens (tertiary/aromatic N) is 3. The number of nitro benzene ring substituents is 1. The van der Waals surface area contributed by atoms with Crippen molar-refractivity contribution in [2.75, 3.05) is 0 Å². The van der Waals surface area contributed by atoms with E-state index in [1.165, 1.54) is 0 Å². The summed E-state index contributed by atoms with van der Waals surface area (Å²) >= 11 is 0. The van der Waals surface area contributed by atoms with E-state index in [-0.39, 0.29) is 10.6 Å². The Kier molecular flexibility index (Phi) is 2.66. The smallest absolute Gasteiger partial charge is 0.258 e. The summed E-state index contributed by atoms with van der Waals surface area (Å²) in [7, 11) is 0. The molecule has 0 saturated carbocycles. The largest absolute Gasteiger partial charge is 0.292 e. The third kappa shape index (κ3) is 1.65. The van der Waals surface area contributed by atoms with Gasteiger partial charge in [0.05, 0.1) is 16.7 Å². The van der Waals surface area contributed by atoms with Gasteiger partial charge in [-0.3, -0.25) is 10.1 Å². The Hall–Kier alpha value is -2.56. The summed E-state index contributed by atoms with van der Waals surface area (Å²) in [6.07, 6.45) is 5.11. The molecule has 0 N–H and O–H groups in total. The SMILES string of the molecule is CC1CC(C)[n+]2cccc3c([N+](=O)[O-])cc4ccc[n+]1c4c32. The van der Waals surface area contributed by atoms with E-state index in [1.807, 2.05) is 30.5 Å². The minimum Gasteiger partial charge on any atom is -0.258 e. The van der Waals surface area contributed by atoms with Gasteiger partial charge in [-0.1, -0.05) is 0 Å². The molecule has 0 bridgehead atoms. The van der Waals surface area contributed by atoms with Gasteiger partial charge in [0.15, 0.2) is 24.5 Å². The van der Waals surface area contributed by atoms with E-state index >= 15 is 0 Å². The minimum absolute atomic E-state index is 0.177. The summed E-state index contributed by atoms with van der Waals surface area (Å²) in [5, 5.41) is 13.1. The molecule has 1 aliphatic heterocycles. The van der Waals surface area contributed by atoms with Gasteiger partial charge < -0.3 is 0 Å². The Morgan fingerprint density at radius 1 is 1.09 bits per heavy atom. The van der Waals surface area contributed by atoms with Crippen molar-refractivity contribution in [2.45, 2.75) is 32.4 Å².